The van der Waals surface area contributed by atoms with Crippen LogP contribution in [0.2, 0.25) is 0 Å². The fourth-order valence-corrected chi connectivity index (χ4v) is 2.80. The lowest BCUT2D eigenvalue weighted by Crippen LogP contribution is -2.18. The molecule has 26 heavy (non-hydrogen) atoms. The second kappa shape index (κ2) is 7.39. The van der Waals surface area contributed by atoms with Gasteiger partial charge in [0.1, 0.15) is 18.2 Å². The van der Waals surface area contributed by atoms with Crippen molar-refractivity contribution in [1.29, 1.82) is 0 Å². The highest BCUT2D eigenvalue weighted by molar-refractivity contribution is 6.06. The molecule has 0 radical (unpaired) electrons. The zero-order chi connectivity index (χ0) is 18.7. The summed E-state index contributed by atoms with van der Waals surface area (Å²) < 4.78 is 28.4. The Bertz CT molecular complexity index is 973. The highest BCUT2D eigenvalue weighted by Gasteiger charge is 2.18. The molecule has 4 nitrogen and oxygen atoms in total. The van der Waals surface area contributed by atoms with Crippen molar-refractivity contribution in [3.05, 3.63) is 71.7 Å². The number of anilines is 2. The van der Waals surface area contributed by atoms with Crippen LogP contribution in [0.15, 0.2) is 66.0 Å². The quantitative estimate of drug-likeness (QED) is 0.652. The van der Waals surface area contributed by atoms with Crippen molar-refractivity contribution < 1.29 is 13.6 Å². The number of nitrogens with two attached hydrogens (primary N) is 1. The maximum atomic E-state index is 13.6. The lowest BCUT2D eigenvalue weighted by molar-refractivity contribution is 0.101. The van der Waals surface area contributed by atoms with Crippen LogP contribution in [0.5, 0.6) is 0 Å². The minimum atomic E-state index is -0.920. The highest BCUT2D eigenvalue weighted by Crippen LogP contribution is 2.25. The molecule has 0 saturated heterocycles. The van der Waals surface area contributed by atoms with Crippen molar-refractivity contribution >= 4 is 28.2 Å². The molecule has 0 aliphatic rings. The average Bonchev–Trinajstić information content (AvgIpc) is 2.97. The Morgan fingerprint density at radius 2 is 1.88 bits per heavy atom. The Balaban J connectivity index is 2.07. The summed E-state index contributed by atoms with van der Waals surface area (Å²) >= 11 is 0. The molecule has 0 spiro atoms. The minimum Gasteiger partial charge on any atom is -0.399 e. The largest absolute Gasteiger partial charge is 0.399 e. The number of aromatic nitrogens is 1. The molecule has 134 valence electrons. The molecule has 1 amide bonds. The number of nitrogens with zero attached hydrogens (tertiary/aromatic N) is 1. The van der Waals surface area contributed by atoms with E-state index >= 15 is 0 Å². The van der Waals surface area contributed by atoms with Gasteiger partial charge in [-0.15, -0.1) is 0 Å². The number of para-hydroxylation sites is 1. The van der Waals surface area contributed by atoms with E-state index in [0.717, 1.165) is 5.39 Å². The van der Waals surface area contributed by atoms with Gasteiger partial charge in [-0.25, -0.2) is 8.78 Å². The first-order valence-corrected chi connectivity index (χ1v) is 8.15. The van der Waals surface area contributed by atoms with Crippen LogP contribution in [0, 0.1) is 0 Å². The maximum absolute atomic E-state index is 13.6. The number of benzene rings is 2. The normalized spacial score (nSPS) is 12.1. The maximum Gasteiger partial charge on any atom is 0.272 e. The van der Waals surface area contributed by atoms with Crippen molar-refractivity contribution in [2.24, 2.45) is 0 Å². The Kier molecular flexibility index (Phi) is 5.02. The van der Waals surface area contributed by atoms with Crippen molar-refractivity contribution in [3.63, 3.8) is 0 Å². The van der Waals surface area contributed by atoms with E-state index in [1.54, 1.807) is 41.0 Å². The third-order valence-electron chi connectivity index (χ3n) is 4.19. The fraction of sp³-hybridized carbons (Fsp3) is 0.150. The number of hydrogen-bond donors (Lipinski definition) is 2. The summed E-state index contributed by atoms with van der Waals surface area (Å²) in [6.45, 7) is 0.239. The summed E-state index contributed by atoms with van der Waals surface area (Å²) in [6, 6.07) is 15.8. The number of nitrogen functional groups attached to an aromatic ring is 1. The van der Waals surface area contributed by atoms with Gasteiger partial charge < -0.3 is 15.6 Å². The molecule has 3 rings (SSSR count). The Morgan fingerprint density at radius 3 is 2.54 bits per heavy atom. The van der Waals surface area contributed by atoms with Crippen LogP contribution >= 0.6 is 0 Å². The summed E-state index contributed by atoms with van der Waals surface area (Å²) in [5, 5.41) is 3.53. The molecule has 0 aliphatic carbocycles. The van der Waals surface area contributed by atoms with Crippen LogP contribution in [0.25, 0.3) is 10.9 Å². The minimum absolute atomic E-state index is 0.00640. The summed E-state index contributed by atoms with van der Waals surface area (Å²) in [7, 11) is 0. The van der Waals surface area contributed by atoms with E-state index in [1.165, 1.54) is 6.92 Å². The monoisotopic (exact) mass is 355 g/mol. The van der Waals surface area contributed by atoms with Crippen molar-refractivity contribution in [2.45, 2.75) is 13.5 Å². The number of rotatable bonds is 5. The van der Waals surface area contributed by atoms with Gasteiger partial charge in [-0.2, -0.15) is 0 Å². The Labute approximate surface area is 149 Å². The number of nitrogens with one attached hydrogen (secondary N) is 1. The van der Waals surface area contributed by atoms with Gasteiger partial charge in [0, 0.05) is 34.4 Å². The van der Waals surface area contributed by atoms with E-state index in [-0.39, 0.29) is 18.0 Å². The van der Waals surface area contributed by atoms with Crippen LogP contribution in [-0.4, -0.2) is 17.1 Å². The number of alkyl halides is 1. The molecular formula is C20H19F2N3O. The van der Waals surface area contributed by atoms with E-state index in [4.69, 9.17) is 5.73 Å². The van der Waals surface area contributed by atoms with Gasteiger partial charge in [0.2, 0.25) is 0 Å². The van der Waals surface area contributed by atoms with Crippen LogP contribution in [0.4, 0.5) is 20.2 Å². The SMILES string of the molecule is C/C(F)=C(\CF)Cn1c(C(=O)Nc2ccccc2)cc2cc(N)ccc21. The predicted octanol–water partition coefficient (Wildman–Crippen LogP) is 4.69. The van der Waals surface area contributed by atoms with Gasteiger partial charge in [0.15, 0.2) is 0 Å². The number of halogens is 2. The van der Waals surface area contributed by atoms with Crippen LogP contribution < -0.4 is 11.1 Å². The summed E-state index contributed by atoms with van der Waals surface area (Å²) in [5.74, 6) is -0.945. The lowest BCUT2D eigenvalue weighted by atomic mass is 10.2. The molecule has 0 atom stereocenters. The molecule has 0 aliphatic heterocycles. The molecule has 0 bridgehead atoms. The van der Waals surface area contributed by atoms with Gasteiger partial charge in [0.25, 0.3) is 5.91 Å². The fourth-order valence-electron chi connectivity index (χ4n) is 2.80. The number of amides is 1. The summed E-state index contributed by atoms with van der Waals surface area (Å²) in [6.07, 6.45) is 0. The van der Waals surface area contributed by atoms with E-state index in [0.29, 0.717) is 22.6 Å². The van der Waals surface area contributed by atoms with E-state index in [2.05, 4.69) is 5.32 Å². The molecule has 3 aromatic rings. The number of fused-ring (bicyclic) bond motifs is 1. The first-order valence-electron chi connectivity index (χ1n) is 8.15. The number of carbonyl (C=O) groups excluding carboxylic acids is 1. The van der Waals surface area contributed by atoms with Crippen LogP contribution in [0.1, 0.15) is 17.4 Å². The first kappa shape index (κ1) is 17.7. The van der Waals surface area contributed by atoms with E-state index in [9.17, 15) is 13.6 Å². The molecular weight excluding hydrogens is 336 g/mol. The zero-order valence-electron chi connectivity index (χ0n) is 14.3. The molecule has 0 unspecified atom stereocenters. The van der Waals surface area contributed by atoms with Gasteiger partial charge in [-0.05, 0) is 43.3 Å². The molecule has 2 aromatic carbocycles. The van der Waals surface area contributed by atoms with E-state index < -0.39 is 12.5 Å². The number of allylic oxidation sites excluding steroid dienone is 2. The lowest BCUT2D eigenvalue weighted by Gasteiger charge is -2.12. The molecule has 0 saturated carbocycles. The average molecular weight is 355 g/mol. The van der Waals surface area contributed by atoms with Crippen molar-refractivity contribution in [2.75, 3.05) is 17.7 Å². The third-order valence-corrected chi connectivity index (χ3v) is 4.19. The van der Waals surface area contributed by atoms with E-state index in [1.807, 2.05) is 18.2 Å². The standard InChI is InChI=1S/C20H19F2N3O/c1-13(22)15(11-21)12-25-18-8-7-16(23)9-14(18)10-19(25)20(26)24-17-5-3-2-4-6-17/h2-10H,11-12,23H2,1H3,(H,24,26)/b15-13-. The number of hydrogen-bond acceptors (Lipinski definition) is 2. The Hall–Kier alpha value is -3.15. The number of carbonyl (C=O) groups is 1. The molecule has 1 aromatic heterocycles. The summed E-state index contributed by atoms with van der Waals surface area (Å²) in [5.41, 5.74) is 7.99. The van der Waals surface area contributed by atoms with Gasteiger partial charge in [-0.3, -0.25) is 4.79 Å². The highest BCUT2D eigenvalue weighted by atomic mass is 19.1. The second-order valence-electron chi connectivity index (χ2n) is 6.02. The van der Waals surface area contributed by atoms with Crippen molar-refractivity contribution in [3.8, 4) is 0 Å². The van der Waals surface area contributed by atoms with Gasteiger partial charge in [-0.1, -0.05) is 18.2 Å². The zero-order valence-corrected chi connectivity index (χ0v) is 14.3. The smallest absolute Gasteiger partial charge is 0.272 e. The van der Waals surface area contributed by atoms with Gasteiger partial charge in [0.05, 0.1) is 0 Å². The molecule has 6 heteroatoms. The van der Waals surface area contributed by atoms with Gasteiger partial charge >= 0.3 is 0 Å². The topological polar surface area (TPSA) is 60.0 Å². The third kappa shape index (κ3) is 3.59. The molecule has 0 fully saturated rings. The summed E-state index contributed by atoms with van der Waals surface area (Å²) in [4.78, 5) is 12.8. The Morgan fingerprint density at radius 1 is 1.15 bits per heavy atom. The first-order chi connectivity index (χ1) is 12.5. The predicted molar refractivity (Wildman–Crippen MR) is 101 cm³/mol. The molecule has 3 N–H and O–H groups in total. The second-order valence-corrected chi connectivity index (χ2v) is 6.02. The van der Waals surface area contributed by atoms with Crippen LogP contribution in [-0.2, 0) is 6.54 Å². The van der Waals surface area contributed by atoms with Crippen LogP contribution in [0.3, 0.4) is 0 Å². The van der Waals surface area contributed by atoms with Crippen molar-refractivity contribution in [1.82, 2.24) is 4.57 Å². The molecule has 1 heterocycles.